The number of benzene rings is 2. The summed E-state index contributed by atoms with van der Waals surface area (Å²) in [5, 5.41) is 12.1. The first-order chi connectivity index (χ1) is 15.5. The maximum atomic E-state index is 11.3. The van der Waals surface area contributed by atoms with Crippen molar-refractivity contribution < 1.29 is 9.53 Å². The third kappa shape index (κ3) is 5.53. The Kier molecular flexibility index (Phi) is 7.35. The summed E-state index contributed by atoms with van der Waals surface area (Å²) < 4.78 is 6.43. The van der Waals surface area contributed by atoms with Gasteiger partial charge in [0, 0.05) is 28.3 Å². The van der Waals surface area contributed by atoms with Gasteiger partial charge in [0.1, 0.15) is 5.75 Å². The minimum atomic E-state index is -1.86. The molecule has 4 atom stereocenters. The summed E-state index contributed by atoms with van der Waals surface area (Å²) in [6, 6.07) is 20.3. The highest BCUT2D eigenvalue weighted by molar-refractivity contribution is 8.00. The standard InChI is InChI=1S/C28H41NO2SSi/c1-20(27(30)21-12-16-24(17-13-21)31-33(5,6)28(2,3)4)29-22-14-15-23(29)19-26(18-22)32-25-10-8-7-9-11-25/h7-13,16-17,20,22-23,26-27,30H,14-15,18-19H2,1-6H3/t20-,22?,23?,26?,27?/m0/s1. The summed E-state index contributed by atoms with van der Waals surface area (Å²) >= 11 is 2.04. The number of aliphatic hydroxyl groups excluding tert-OH is 1. The molecular weight excluding hydrogens is 442 g/mol. The molecule has 0 aliphatic carbocycles. The Bertz CT molecular complexity index is 898. The van der Waals surface area contributed by atoms with Crippen molar-refractivity contribution in [1.29, 1.82) is 0 Å². The van der Waals surface area contributed by atoms with Gasteiger partial charge in [-0.05, 0) is 80.6 Å². The second kappa shape index (κ2) is 9.77. The van der Waals surface area contributed by atoms with Gasteiger partial charge < -0.3 is 9.53 Å². The molecule has 0 aromatic heterocycles. The third-order valence-corrected chi connectivity index (χ3v) is 13.7. The fourth-order valence-corrected chi connectivity index (χ4v) is 7.61. The van der Waals surface area contributed by atoms with Crippen molar-refractivity contribution in [3.8, 4) is 5.75 Å². The molecule has 0 radical (unpaired) electrons. The van der Waals surface area contributed by atoms with Gasteiger partial charge in [0.25, 0.3) is 0 Å². The summed E-state index contributed by atoms with van der Waals surface area (Å²) in [5.74, 6) is 0.920. The van der Waals surface area contributed by atoms with E-state index in [1.54, 1.807) is 0 Å². The first kappa shape index (κ1) is 24.8. The molecule has 4 rings (SSSR count). The highest BCUT2D eigenvalue weighted by Crippen LogP contribution is 2.45. The molecule has 180 valence electrons. The van der Waals surface area contributed by atoms with E-state index in [2.05, 4.69) is 88.2 Å². The van der Waals surface area contributed by atoms with E-state index in [0.29, 0.717) is 17.3 Å². The largest absolute Gasteiger partial charge is 0.544 e. The van der Waals surface area contributed by atoms with Crippen LogP contribution in [0.4, 0.5) is 0 Å². The number of aliphatic hydroxyl groups is 1. The Hall–Kier alpha value is -1.27. The van der Waals surface area contributed by atoms with Crippen molar-refractivity contribution in [3.63, 3.8) is 0 Å². The summed E-state index contributed by atoms with van der Waals surface area (Å²) in [5.41, 5.74) is 0.991. The molecule has 0 spiro atoms. The average molecular weight is 484 g/mol. The smallest absolute Gasteiger partial charge is 0.250 e. The van der Waals surface area contributed by atoms with Gasteiger partial charge >= 0.3 is 0 Å². The number of thioether (sulfide) groups is 1. The Balaban J connectivity index is 1.39. The molecule has 5 heteroatoms. The van der Waals surface area contributed by atoms with Crippen LogP contribution >= 0.6 is 11.8 Å². The minimum Gasteiger partial charge on any atom is -0.544 e. The first-order valence-corrected chi connectivity index (χ1v) is 16.3. The Morgan fingerprint density at radius 2 is 1.55 bits per heavy atom. The van der Waals surface area contributed by atoms with Crippen LogP contribution in [0.3, 0.4) is 0 Å². The maximum absolute atomic E-state index is 11.3. The molecule has 2 aliphatic heterocycles. The average Bonchev–Trinajstić information content (AvgIpc) is 3.03. The Morgan fingerprint density at radius 3 is 2.09 bits per heavy atom. The Morgan fingerprint density at radius 1 is 0.970 bits per heavy atom. The topological polar surface area (TPSA) is 32.7 Å². The lowest BCUT2D eigenvalue weighted by Gasteiger charge is -2.44. The van der Waals surface area contributed by atoms with Crippen LogP contribution in [-0.4, -0.2) is 41.7 Å². The van der Waals surface area contributed by atoms with Gasteiger partial charge in [-0.25, -0.2) is 0 Å². The minimum absolute atomic E-state index is 0.123. The van der Waals surface area contributed by atoms with Crippen molar-refractivity contribution in [2.45, 2.75) is 106 Å². The molecule has 2 saturated heterocycles. The number of piperidine rings is 1. The molecule has 0 amide bonds. The van der Waals surface area contributed by atoms with E-state index in [4.69, 9.17) is 4.43 Å². The third-order valence-electron chi connectivity index (χ3n) is 8.12. The van der Waals surface area contributed by atoms with Gasteiger partial charge in [0.2, 0.25) is 8.32 Å². The van der Waals surface area contributed by atoms with Crippen LogP contribution in [0, 0.1) is 0 Å². The monoisotopic (exact) mass is 483 g/mol. The number of hydrogen-bond donors (Lipinski definition) is 1. The van der Waals surface area contributed by atoms with Crippen molar-refractivity contribution in [2.24, 2.45) is 0 Å². The van der Waals surface area contributed by atoms with Crippen LogP contribution in [0.5, 0.6) is 5.75 Å². The molecular formula is C28H41NO2SSi. The molecule has 2 aliphatic rings. The van der Waals surface area contributed by atoms with Crippen LogP contribution in [0.1, 0.15) is 65.0 Å². The SMILES string of the molecule is C[C@@H](C(O)c1ccc(O[Si](C)(C)C(C)(C)C)cc1)N1C2CCC1CC(Sc1ccccc1)C2. The molecule has 3 nitrogen and oxygen atoms in total. The molecule has 1 N–H and O–H groups in total. The summed E-state index contributed by atoms with van der Waals surface area (Å²) in [6.45, 7) is 13.5. The van der Waals surface area contributed by atoms with E-state index < -0.39 is 14.4 Å². The van der Waals surface area contributed by atoms with Gasteiger partial charge in [-0.15, -0.1) is 11.8 Å². The molecule has 0 saturated carbocycles. The van der Waals surface area contributed by atoms with Crippen LogP contribution in [0.15, 0.2) is 59.5 Å². The fourth-order valence-electron chi connectivity index (χ4n) is 5.24. The van der Waals surface area contributed by atoms with E-state index in [0.717, 1.165) is 11.3 Å². The van der Waals surface area contributed by atoms with E-state index in [1.165, 1.54) is 30.6 Å². The second-order valence-electron chi connectivity index (χ2n) is 11.5. The van der Waals surface area contributed by atoms with Crippen molar-refractivity contribution >= 4 is 20.1 Å². The highest BCUT2D eigenvalue weighted by atomic mass is 32.2. The van der Waals surface area contributed by atoms with Gasteiger partial charge in [0.05, 0.1) is 6.10 Å². The predicted octanol–water partition coefficient (Wildman–Crippen LogP) is 7.28. The number of nitrogens with zero attached hydrogens (tertiary/aromatic N) is 1. The van der Waals surface area contributed by atoms with Crippen LogP contribution < -0.4 is 4.43 Å². The van der Waals surface area contributed by atoms with Gasteiger partial charge in [-0.3, -0.25) is 4.90 Å². The fraction of sp³-hybridized carbons (Fsp3) is 0.571. The molecule has 2 aromatic carbocycles. The first-order valence-electron chi connectivity index (χ1n) is 12.5. The van der Waals surface area contributed by atoms with E-state index in [-0.39, 0.29) is 11.1 Å². The van der Waals surface area contributed by atoms with Gasteiger partial charge in [0.15, 0.2) is 0 Å². The van der Waals surface area contributed by atoms with Crippen LogP contribution in [-0.2, 0) is 0 Å². The maximum Gasteiger partial charge on any atom is 0.250 e. The second-order valence-corrected chi connectivity index (χ2v) is 17.6. The van der Waals surface area contributed by atoms with E-state index in [9.17, 15) is 5.11 Å². The summed E-state index contributed by atoms with van der Waals surface area (Å²) in [6.07, 6.45) is 4.46. The zero-order valence-electron chi connectivity index (χ0n) is 21.1. The van der Waals surface area contributed by atoms with Crippen molar-refractivity contribution in [1.82, 2.24) is 4.90 Å². The van der Waals surface area contributed by atoms with E-state index in [1.807, 2.05) is 23.9 Å². The lowest BCUT2D eigenvalue weighted by Crippen LogP contribution is -2.50. The Labute approximate surface area is 206 Å². The predicted molar refractivity (Wildman–Crippen MR) is 143 cm³/mol. The van der Waals surface area contributed by atoms with Crippen LogP contribution in [0.2, 0.25) is 18.1 Å². The van der Waals surface area contributed by atoms with E-state index >= 15 is 0 Å². The zero-order chi connectivity index (χ0) is 23.8. The highest BCUT2D eigenvalue weighted by Gasteiger charge is 2.44. The molecule has 2 aromatic rings. The van der Waals surface area contributed by atoms with Crippen LogP contribution in [0.25, 0.3) is 0 Å². The zero-order valence-corrected chi connectivity index (χ0v) is 22.9. The van der Waals surface area contributed by atoms with Gasteiger partial charge in [-0.2, -0.15) is 0 Å². The molecule has 2 fully saturated rings. The number of hydrogen-bond acceptors (Lipinski definition) is 4. The van der Waals surface area contributed by atoms with Gasteiger partial charge in [-0.1, -0.05) is 51.1 Å². The summed E-state index contributed by atoms with van der Waals surface area (Å²) in [7, 11) is -1.86. The molecule has 33 heavy (non-hydrogen) atoms. The quantitative estimate of drug-likeness (QED) is 0.419. The number of rotatable bonds is 7. The number of fused-ring (bicyclic) bond motifs is 2. The normalized spacial score (nSPS) is 25.6. The molecule has 3 unspecified atom stereocenters. The van der Waals surface area contributed by atoms with Crippen molar-refractivity contribution in [3.05, 3.63) is 60.2 Å². The lowest BCUT2D eigenvalue weighted by molar-refractivity contribution is 0.0115. The molecule has 2 bridgehead atoms. The van der Waals surface area contributed by atoms with Crippen molar-refractivity contribution in [2.75, 3.05) is 0 Å². The summed E-state index contributed by atoms with van der Waals surface area (Å²) in [4.78, 5) is 4.01. The molecule has 2 heterocycles. The lowest BCUT2D eigenvalue weighted by atomic mass is 9.95.